The lowest BCUT2D eigenvalue weighted by Crippen LogP contribution is -2.37. The molecule has 4 atom stereocenters. The summed E-state index contributed by atoms with van der Waals surface area (Å²) < 4.78 is 5.42. The largest absolute Gasteiger partial charge is 0.494 e. The standard InChI is InChI=1S/C18H19NO3/c1-3-22-14-8-6-13(7-9-14)19-16(20)15-11-4-5-12(10-11)18(15,2)17(19)21/h4-9,11-12,15H,3,10H2,1-2H3/t11-,12-,15+,18-/m0/s1. The summed E-state index contributed by atoms with van der Waals surface area (Å²) in [6.07, 6.45) is 5.17. The van der Waals surface area contributed by atoms with Crippen LogP contribution in [-0.4, -0.2) is 18.4 Å². The second kappa shape index (κ2) is 4.45. The van der Waals surface area contributed by atoms with Crippen LogP contribution in [0.25, 0.3) is 0 Å². The number of imide groups is 1. The molecule has 3 aliphatic rings. The zero-order valence-corrected chi connectivity index (χ0v) is 12.8. The number of carbonyl (C=O) groups is 2. The minimum absolute atomic E-state index is 0.0477. The van der Waals surface area contributed by atoms with Gasteiger partial charge in [0, 0.05) is 0 Å². The van der Waals surface area contributed by atoms with Crippen molar-refractivity contribution in [1.82, 2.24) is 0 Å². The molecule has 0 unspecified atom stereocenters. The predicted molar refractivity (Wildman–Crippen MR) is 82.4 cm³/mol. The molecule has 1 aliphatic heterocycles. The van der Waals surface area contributed by atoms with Gasteiger partial charge in [-0.05, 0) is 56.4 Å². The van der Waals surface area contributed by atoms with Crippen molar-refractivity contribution in [2.24, 2.45) is 23.2 Å². The molecule has 2 bridgehead atoms. The van der Waals surface area contributed by atoms with Crippen LogP contribution in [0.5, 0.6) is 5.75 Å². The van der Waals surface area contributed by atoms with Crippen molar-refractivity contribution in [3.8, 4) is 5.75 Å². The van der Waals surface area contributed by atoms with Gasteiger partial charge >= 0.3 is 0 Å². The van der Waals surface area contributed by atoms with Crippen molar-refractivity contribution in [3.05, 3.63) is 36.4 Å². The van der Waals surface area contributed by atoms with Crippen LogP contribution < -0.4 is 9.64 Å². The van der Waals surface area contributed by atoms with Crippen molar-refractivity contribution in [3.63, 3.8) is 0 Å². The van der Waals surface area contributed by atoms with Gasteiger partial charge in [0.25, 0.3) is 0 Å². The average molecular weight is 297 g/mol. The molecule has 1 aromatic carbocycles. The molecule has 4 rings (SSSR count). The highest BCUT2D eigenvalue weighted by Crippen LogP contribution is 2.60. The fourth-order valence-corrected chi connectivity index (χ4v) is 4.41. The zero-order valence-electron chi connectivity index (χ0n) is 12.8. The third-order valence-electron chi connectivity index (χ3n) is 5.52. The Labute approximate surface area is 129 Å². The highest BCUT2D eigenvalue weighted by atomic mass is 16.5. The van der Waals surface area contributed by atoms with Gasteiger partial charge in [-0.1, -0.05) is 12.2 Å². The molecule has 2 amide bonds. The van der Waals surface area contributed by atoms with E-state index in [1.807, 2.05) is 26.0 Å². The molecule has 0 N–H and O–H groups in total. The van der Waals surface area contributed by atoms with Crippen LogP contribution in [0.2, 0.25) is 0 Å². The Morgan fingerprint density at radius 2 is 1.95 bits per heavy atom. The van der Waals surface area contributed by atoms with E-state index in [2.05, 4.69) is 12.2 Å². The Kier molecular flexibility index (Phi) is 2.74. The van der Waals surface area contributed by atoms with Crippen molar-refractivity contribution in [2.45, 2.75) is 20.3 Å². The fourth-order valence-electron chi connectivity index (χ4n) is 4.41. The smallest absolute Gasteiger partial charge is 0.241 e. The minimum atomic E-state index is -0.560. The predicted octanol–water partition coefficient (Wildman–Crippen LogP) is 2.79. The maximum Gasteiger partial charge on any atom is 0.241 e. The molecular formula is C18H19NO3. The Bertz CT molecular complexity index is 678. The number of hydrogen-bond donors (Lipinski definition) is 0. The number of carbonyl (C=O) groups excluding carboxylic acids is 2. The fraction of sp³-hybridized carbons (Fsp3) is 0.444. The molecule has 1 saturated carbocycles. The average Bonchev–Trinajstić information content (AvgIpc) is 3.14. The third kappa shape index (κ3) is 1.52. The van der Waals surface area contributed by atoms with E-state index in [9.17, 15) is 9.59 Å². The summed E-state index contributed by atoms with van der Waals surface area (Å²) in [6, 6.07) is 7.20. The number of fused-ring (bicyclic) bond motifs is 5. The molecule has 1 saturated heterocycles. The number of rotatable bonds is 3. The van der Waals surface area contributed by atoms with E-state index < -0.39 is 5.41 Å². The second-order valence-electron chi connectivity index (χ2n) is 6.56. The second-order valence-corrected chi connectivity index (χ2v) is 6.56. The number of hydrogen-bond acceptors (Lipinski definition) is 3. The molecule has 0 radical (unpaired) electrons. The van der Waals surface area contributed by atoms with Gasteiger partial charge in [-0.3, -0.25) is 9.59 Å². The molecule has 1 heterocycles. The first kappa shape index (κ1) is 13.6. The highest BCUT2D eigenvalue weighted by molar-refractivity contribution is 6.24. The van der Waals surface area contributed by atoms with Gasteiger partial charge < -0.3 is 4.74 Å². The lowest BCUT2D eigenvalue weighted by Gasteiger charge is -2.28. The van der Waals surface area contributed by atoms with Gasteiger partial charge in [-0.15, -0.1) is 0 Å². The van der Waals surface area contributed by atoms with Crippen LogP contribution in [0, 0.1) is 23.2 Å². The van der Waals surface area contributed by atoms with Gasteiger partial charge in [-0.25, -0.2) is 4.90 Å². The lowest BCUT2D eigenvalue weighted by molar-refractivity contribution is -0.127. The monoisotopic (exact) mass is 297 g/mol. The van der Waals surface area contributed by atoms with Gasteiger partial charge in [0.1, 0.15) is 5.75 Å². The van der Waals surface area contributed by atoms with E-state index in [1.165, 1.54) is 4.90 Å². The summed E-state index contributed by atoms with van der Waals surface area (Å²) in [5.41, 5.74) is 0.0863. The number of anilines is 1. The number of allylic oxidation sites excluding steroid dienone is 2. The molecule has 114 valence electrons. The van der Waals surface area contributed by atoms with Gasteiger partial charge in [0.15, 0.2) is 0 Å². The number of benzene rings is 1. The number of nitrogens with zero attached hydrogens (tertiary/aromatic N) is 1. The Hall–Kier alpha value is -2.10. The van der Waals surface area contributed by atoms with Gasteiger partial charge in [0.2, 0.25) is 11.8 Å². The summed E-state index contributed by atoms with van der Waals surface area (Å²) in [4.78, 5) is 27.2. The summed E-state index contributed by atoms with van der Waals surface area (Å²) >= 11 is 0. The summed E-state index contributed by atoms with van der Waals surface area (Å²) in [5.74, 6) is 0.878. The first-order valence-corrected chi connectivity index (χ1v) is 7.87. The van der Waals surface area contributed by atoms with Crippen molar-refractivity contribution in [1.29, 1.82) is 0 Å². The maximum absolute atomic E-state index is 13.0. The molecule has 22 heavy (non-hydrogen) atoms. The van der Waals surface area contributed by atoms with Crippen LogP contribution in [0.4, 0.5) is 5.69 Å². The minimum Gasteiger partial charge on any atom is -0.494 e. The van der Waals surface area contributed by atoms with E-state index in [1.54, 1.807) is 12.1 Å². The molecule has 4 nitrogen and oxygen atoms in total. The van der Waals surface area contributed by atoms with E-state index >= 15 is 0 Å². The quantitative estimate of drug-likeness (QED) is 0.636. The van der Waals surface area contributed by atoms with Crippen LogP contribution in [0.3, 0.4) is 0 Å². The number of amides is 2. The van der Waals surface area contributed by atoms with E-state index in [0.29, 0.717) is 12.3 Å². The van der Waals surface area contributed by atoms with Crippen molar-refractivity contribution in [2.75, 3.05) is 11.5 Å². The zero-order chi connectivity index (χ0) is 15.5. The van der Waals surface area contributed by atoms with Gasteiger partial charge in [-0.2, -0.15) is 0 Å². The lowest BCUT2D eigenvalue weighted by atomic mass is 9.71. The molecule has 0 spiro atoms. The van der Waals surface area contributed by atoms with Crippen LogP contribution >= 0.6 is 0 Å². The summed E-state index contributed by atoms with van der Waals surface area (Å²) in [6.45, 7) is 4.48. The first-order valence-electron chi connectivity index (χ1n) is 7.87. The Morgan fingerprint density at radius 3 is 2.59 bits per heavy atom. The highest BCUT2D eigenvalue weighted by Gasteiger charge is 2.67. The summed E-state index contributed by atoms with van der Waals surface area (Å²) in [5, 5.41) is 0. The first-order chi connectivity index (χ1) is 10.6. The number of ether oxygens (including phenoxy) is 1. The third-order valence-corrected chi connectivity index (χ3v) is 5.52. The SMILES string of the molecule is CCOc1ccc(N2C(=O)[C@H]3[C@H]4C=C[C@@H](C4)[C@]3(C)C2=O)cc1. The van der Waals surface area contributed by atoms with Crippen LogP contribution in [0.15, 0.2) is 36.4 Å². The molecular weight excluding hydrogens is 278 g/mol. The van der Waals surface area contributed by atoms with E-state index in [0.717, 1.165) is 12.2 Å². The molecule has 2 fully saturated rings. The topological polar surface area (TPSA) is 46.6 Å². The Balaban J connectivity index is 1.70. The maximum atomic E-state index is 13.0. The van der Waals surface area contributed by atoms with Crippen LogP contribution in [-0.2, 0) is 9.59 Å². The van der Waals surface area contributed by atoms with Crippen molar-refractivity contribution < 1.29 is 14.3 Å². The normalized spacial score (nSPS) is 35.4. The van der Waals surface area contributed by atoms with Gasteiger partial charge in [0.05, 0.1) is 23.6 Å². The van der Waals surface area contributed by atoms with Crippen molar-refractivity contribution >= 4 is 17.5 Å². The molecule has 1 aromatic rings. The van der Waals surface area contributed by atoms with Crippen LogP contribution in [0.1, 0.15) is 20.3 Å². The summed E-state index contributed by atoms with van der Waals surface area (Å²) in [7, 11) is 0. The van der Waals surface area contributed by atoms with E-state index in [-0.39, 0.29) is 29.6 Å². The Morgan fingerprint density at radius 1 is 1.23 bits per heavy atom. The molecule has 0 aromatic heterocycles. The molecule has 4 heteroatoms. The van der Waals surface area contributed by atoms with E-state index in [4.69, 9.17) is 4.74 Å². The molecule has 2 aliphatic carbocycles.